The largest absolute Gasteiger partial charge is 0.456 e. The first-order valence-corrected chi connectivity index (χ1v) is 18.4. The second-order valence-corrected chi connectivity index (χ2v) is 13.7. The standard InChI is InChI=1S/C52H35NO/c1-3-14-36(15-4-1)37-26-28-40(29-27-37)45-20-9-11-22-48(45)53(49-23-13-25-51-52(49)46-21-10-12-24-50(46)54-51)43-32-30-38(31-33-43)42-34-41-18-7-8-19-44(41)47(35-42)39-16-5-2-6-17-39/h1-35H. The highest BCUT2D eigenvalue weighted by Gasteiger charge is 2.22. The third-order valence-corrected chi connectivity index (χ3v) is 10.5. The Morgan fingerprint density at radius 1 is 0.315 bits per heavy atom. The van der Waals surface area contributed by atoms with Crippen LogP contribution in [0.4, 0.5) is 17.1 Å². The lowest BCUT2D eigenvalue weighted by molar-refractivity contribution is 0.669. The minimum absolute atomic E-state index is 0.865. The number of fused-ring (bicyclic) bond motifs is 4. The fourth-order valence-corrected chi connectivity index (χ4v) is 7.87. The Balaban J connectivity index is 1.14. The fourth-order valence-electron chi connectivity index (χ4n) is 7.87. The molecule has 54 heavy (non-hydrogen) atoms. The van der Waals surface area contributed by atoms with E-state index < -0.39 is 0 Å². The van der Waals surface area contributed by atoms with Gasteiger partial charge in [0.25, 0.3) is 0 Å². The van der Waals surface area contributed by atoms with Crippen LogP contribution >= 0.6 is 0 Å². The van der Waals surface area contributed by atoms with Crippen molar-refractivity contribution in [2.45, 2.75) is 0 Å². The molecular formula is C52H35NO. The molecule has 0 atom stereocenters. The summed E-state index contributed by atoms with van der Waals surface area (Å²) in [6.07, 6.45) is 0. The van der Waals surface area contributed by atoms with Gasteiger partial charge in [-0.25, -0.2) is 0 Å². The van der Waals surface area contributed by atoms with Crippen molar-refractivity contribution in [2.24, 2.45) is 0 Å². The van der Waals surface area contributed by atoms with E-state index in [4.69, 9.17) is 4.42 Å². The van der Waals surface area contributed by atoms with E-state index in [-0.39, 0.29) is 0 Å². The van der Waals surface area contributed by atoms with E-state index in [1.54, 1.807) is 0 Å². The molecule has 254 valence electrons. The molecular weight excluding hydrogens is 655 g/mol. The summed E-state index contributed by atoms with van der Waals surface area (Å²) in [4.78, 5) is 2.39. The van der Waals surface area contributed by atoms with Crippen molar-refractivity contribution in [2.75, 3.05) is 4.90 Å². The van der Waals surface area contributed by atoms with Crippen molar-refractivity contribution in [3.63, 3.8) is 0 Å². The molecule has 0 saturated heterocycles. The van der Waals surface area contributed by atoms with Gasteiger partial charge in [-0.05, 0) is 98.2 Å². The highest BCUT2D eigenvalue weighted by Crippen LogP contribution is 2.46. The molecule has 0 bridgehead atoms. The quantitative estimate of drug-likeness (QED) is 0.166. The second-order valence-electron chi connectivity index (χ2n) is 13.7. The Kier molecular flexibility index (Phi) is 7.85. The summed E-state index contributed by atoms with van der Waals surface area (Å²) in [6, 6.07) is 75.9. The molecule has 10 aromatic rings. The topological polar surface area (TPSA) is 16.4 Å². The Hall–Kier alpha value is -7.16. The zero-order valence-electron chi connectivity index (χ0n) is 29.6. The summed E-state index contributed by atoms with van der Waals surface area (Å²) in [5.74, 6) is 0. The van der Waals surface area contributed by atoms with Crippen LogP contribution in [0.2, 0.25) is 0 Å². The van der Waals surface area contributed by atoms with Gasteiger partial charge in [0, 0.05) is 16.6 Å². The highest BCUT2D eigenvalue weighted by molar-refractivity contribution is 6.14. The fraction of sp³-hybridized carbons (Fsp3) is 0. The molecule has 0 amide bonds. The average Bonchev–Trinajstić information content (AvgIpc) is 3.64. The zero-order valence-corrected chi connectivity index (χ0v) is 29.6. The molecule has 0 aliphatic carbocycles. The van der Waals surface area contributed by atoms with E-state index in [0.29, 0.717) is 0 Å². The normalized spacial score (nSPS) is 11.3. The van der Waals surface area contributed by atoms with Gasteiger partial charge in [-0.2, -0.15) is 0 Å². The number of benzene rings is 9. The van der Waals surface area contributed by atoms with Crippen LogP contribution in [0.15, 0.2) is 217 Å². The number of rotatable bonds is 7. The number of hydrogen-bond donors (Lipinski definition) is 0. The van der Waals surface area contributed by atoms with Crippen molar-refractivity contribution in [1.29, 1.82) is 0 Å². The van der Waals surface area contributed by atoms with Crippen molar-refractivity contribution in [1.82, 2.24) is 0 Å². The second kappa shape index (κ2) is 13.4. The molecule has 0 aliphatic rings. The Morgan fingerprint density at radius 3 is 1.65 bits per heavy atom. The predicted octanol–water partition coefficient (Wildman–Crippen LogP) is 14.9. The molecule has 0 radical (unpaired) electrons. The molecule has 0 N–H and O–H groups in total. The third kappa shape index (κ3) is 5.62. The van der Waals surface area contributed by atoms with E-state index in [1.165, 1.54) is 44.2 Å². The summed E-state index contributed by atoms with van der Waals surface area (Å²) in [5.41, 5.74) is 14.5. The first kappa shape index (κ1) is 31.6. The van der Waals surface area contributed by atoms with Crippen LogP contribution in [-0.2, 0) is 0 Å². The minimum atomic E-state index is 0.865. The van der Waals surface area contributed by atoms with Crippen LogP contribution in [-0.4, -0.2) is 0 Å². The summed E-state index contributed by atoms with van der Waals surface area (Å²) in [6.45, 7) is 0. The van der Waals surface area contributed by atoms with Gasteiger partial charge in [-0.1, -0.05) is 164 Å². The number of furan rings is 1. The van der Waals surface area contributed by atoms with Crippen LogP contribution in [0.3, 0.4) is 0 Å². The Bertz CT molecular complexity index is 2910. The van der Waals surface area contributed by atoms with Gasteiger partial charge in [0.05, 0.1) is 16.8 Å². The summed E-state index contributed by atoms with van der Waals surface area (Å²) < 4.78 is 6.42. The Morgan fingerprint density at radius 2 is 0.852 bits per heavy atom. The summed E-state index contributed by atoms with van der Waals surface area (Å²) in [7, 11) is 0. The summed E-state index contributed by atoms with van der Waals surface area (Å²) >= 11 is 0. The lowest BCUT2D eigenvalue weighted by Crippen LogP contribution is -2.11. The molecule has 0 unspecified atom stereocenters. The first-order chi connectivity index (χ1) is 26.8. The molecule has 0 saturated carbocycles. The number of nitrogens with zero attached hydrogens (tertiary/aromatic N) is 1. The molecule has 9 aromatic carbocycles. The first-order valence-electron chi connectivity index (χ1n) is 18.4. The van der Waals surface area contributed by atoms with Gasteiger partial charge < -0.3 is 9.32 Å². The minimum Gasteiger partial charge on any atom is -0.456 e. The maximum absolute atomic E-state index is 6.42. The van der Waals surface area contributed by atoms with Crippen LogP contribution in [0.5, 0.6) is 0 Å². The smallest absolute Gasteiger partial charge is 0.137 e. The van der Waals surface area contributed by atoms with Gasteiger partial charge in [-0.3, -0.25) is 0 Å². The Labute approximate surface area is 314 Å². The molecule has 0 fully saturated rings. The monoisotopic (exact) mass is 689 g/mol. The van der Waals surface area contributed by atoms with E-state index >= 15 is 0 Å². The maximum Gasteiger partial charge on any atom is 0.137 e. The molecule has 10 rings (SSSR count). The van der Waals surface area contributed by atoms with Crippen molar-refractivity contribution < 1.29 is 4.42 Å². The highest BCUT2D eigenvalue weighted by atomic mass is 16.3. The number of hydrogen-bond acceptors (Lipinski definition) is 2. The number of anilines is 3. The molecule has 2 heteroatoms. The SMILES string of the molecule is c1ccc(-c2ccc(-c3ccccc3N(c3ccc(-c4cc(-c5ccccc5)c5ccccc5c4)cc3)c3cccc4oc5ccccc5c34)cc2)cc1. The predicted molar refractivity (Wildman–Crippen MR) is 228 cm³/mol. The van der Waals surface area contributed by atoms with Gasteiger partial charge in [0.2, 0.25) is 0 Å². The van der Waals surface area contributed by atoms with Gasteiger partial charge >= 0.3 is 0 Å². The average molecular weight is 690 g/mol. The van der Waals surface area contributed by atoms with E-state index in [9.17, 15) is 0 Å². The lowest BCUT2D eigenvalue weighted by Gasteiger charge is -2.28. The van der Waals surface area contributed by atoms with Gasteiger partial charge in [0.15, 0.2) is 0 Å². The van der Waals surface area contributed by atoms with Crippen LogP contribution in [0, 0.1) is 0 Å². The number of para-hydroxylation sites is 2. The molecule has 2 nitrogen and oxygen atoms in total. The van der Waals surface area contributed by atoms with E-state index in [2.05, 4.69) is 205 Å². The van der Waals surface area contributed by atoms with Crippen LogP contribution < -0.4 is 4.90 Å². The van der Waals surface area contributed by atoms with Crippen molar-refractivity contribution in [3.8, 4) is 44.5 Å². The van der Waals surface area contributed by atoms with E-state index in [0.717, 1.165) is 50.1 Å². The van der Waals surface area contributed by atoms with Crippen LogP contribution in [0.1, 0.15) is 0 Å². The third-order valence-electron chi connectivity index (χ3n) is 10.5. The maximum atomic E-state index is 6.42. The molecule has 0 spiro atoms. The zero-order chi connectivity index (χ0) is 35.8. The van der Waals surface area contributed by atoms with E-state index in [1.807, 2.05) is 12.1 Å². The van der Waals surface area contributed by atoms with Gasteiger partial charge in [-0.15, -0.1) is 0 Å². The molecule has 1 heterocycles. The van der Waals surface area contributed by atoms with Gasteiger partial charge in [0.1, 0.15) is 11.2 Å². The molecule has 1 aromatic heterocycles. The molecule has 0 aliphatic heterocycles. The van der Waals surface area contributed by atoms with Crippen LogP contribution in [0.25, 0.3) is 77.2 Å². The summed E-state index contributed by atoms with van der Waals surface area (Å²) in [5, 5.41) is 4.67. The van der Waals surface area contributed by atoms with Crippen molar-refractivity contribution >= 4 is 49.8 Å². The van der Waals surface area contributed by atoms with Crippen molar-refractivity contribution in [3.05, 3.63) is 212 Å². The lowest BCUT2D eigenvalue weighted by atomic mass is 9.93.